The molecule has 0 unspecified atom stereocenters. The second-order valence-electron chi connectivity index (χ2n) is 4.46. The van der Waals surface area contributed by atoms with Gasteiger partial charge in [0, 0.05) is 29.6 Å². The number of benzene rings is 1. The van der Waals surface area contributed by atoms with Crippen LogP contribution in [0, 0.1) is 25.5 Å². The molecular weight excluding hydrogens is 282 g/mol. The Balaban J connectivity index is 2.31. The molecular formula is C14H14F2N2OS. The maximum absolute atomic E-state index is 13.5. The molecule has 0 aliphatic rings. The summed E-state index contributed by atoms with van der Waals surface area (Å²) in [6, 6.07) is 3.75. The van der Waals surface area contributed by atoms with Gasteiger partial charge in [0.25, 0.3) is 5.56 Å². The van der Waals surface area contributed by atoms with Gasteiger partial charge in [-0.15, -0.1) is 0 Å². The van der Waals surface area contributed by atoms with Crippen molar-refractivity contribution in [3.05, 3.63) is 57.0 Å². The van der Waals surface area contributed by atoms with Crippen molar-refractivity contribution in [2.24, 2.45) is 7.05 Å². The minimum absolute atomic E-state index is 0.00928. The number of nitrogens with zero attached hydrogens (tertiary/aromatic N) is 2. The maximum Gasteiger partial charge on any atom is 0.257 e. The molecule has 1 aromatic carbocycles. The van der Waals surface area contributed by atoms with Gasteiger partial charge in [-0.1, -0.05) is 17.8 Å². The molecule has 0 spiro atoms. The minimum atomic E-state index is -0.591. The molecule has 0 fully saturated rings. The Bertz CT molecular complexity index is 693. The molecule has 20 heavy (non-hydrogen) atoms. The highest BCUT2D eigenvalue weighted by molar-refractivity contribution is 7.98. The van der Waals surface area contributed by atoms with Crippen molar-refractivity contribution in [2.75, 3.05) is 0 Å². The molecule has 0 bridgehead atoms. The molecule has 0 saturated heterocycles. The first kappa shape index (κ1) is 14.7. The van der Waals surface area contributed by atoms with Crippen LogP contribution in [0.3, 0.4) is 0 Å². The van der Waals surface area contributed by atoms with E-state index in [1.165, 1.54) is 22.8 Å². The average Bonchev–Trinajstić information content (AvgIpc) is 2.41. The van der Waals surface area contributed by atoms with E-state index in [-0.39, 0.29) is 16.9 Å². The zero-order valence-corrected chi connectivity index (χ0v) is 12.2. The Morgan fingerprint density at radius 3 is 2.45 bits per heavy atom. The second-order valence-corrected chi connectivity index (χ2v) is 5.40. The fraction of sp³-hybridized carbons (Fsp3) is 0.286. The number of aryl methyl sites for hydroxylation is 1. The summed E-state index contributed by atoms with van der Waals surface area (Å²) in [6.07, 6.45) is 0. The minimum Gasteiger partial charge on any atom is -0.291 e. The maximum atomic E-state index is 13.5. The molecule has 3 nitrogen and oxygen atoms in total. The third kappa shape index (κ3) is 2.75. The molecule has 106 valence electrons. The first-order chi connectivity index (χ1) is 9.41. The summed E-state index contributed by atoms with van der Waals surface area (Å²) in [5.74, 6) is -1.10. The van der Waals surface area contributed by atoms with E-state index < -0.39 is 11.6 Å². The Morgan fingerprint density at radius 2 is 1.85 bits per heavy atom. The van der Waals surface area contributed by atoms with E-state index in [0.717, 1.165) is 11.8 Å². The summed E-state index contributed by atoms with van der Waals surface area (Å²) >= 11 is 1.14. The largest absolute Gasteiger partial charge is 0.291 e. The van der Waals surface area contributed by atoms with E-state index >= 15 is 0 Å². The lowest BCUT2D eigenvalue weighted by Crippen LogP contribution is -2.23. The predicted octanol–water partition coefficient (Wildman–Crippen LogP) is 2.97. The van der Waals surface area contributed by atoms with Crippen LogP contribution in [0.2, 0.25) is 0 Å². The fourth-order valence-electron chi connectivity index (χ4n) is 1.73. The van der Waals surface area contributed by atoms with Gasteiger partial charge in [-0.2, -0.15) is 0 Å². The van der Waals surface area contributed by atoms with Gasteiger partial charge in [0.1, 0.15) is 11.6 Å². The molecule has 0 aliphatic carbocycles. The van der Waals surface area contributed by atoms with Gasteiger partial charge in [-0.3, -0.25) is 9.36 Å². The molecule has 0 amide bonds. The molecule has 2 rings (SSSR count). The van der Waals surface area contributed by atoms with Crippen LogP contribution >= 0.6 is 11.8 Å². The predicted molar refractivity (Wildman–Crippen MR) is 74.9 cm³/mol. The van der Waals surface area contributed by atoms with E-state index in [0.29, 0.717) is 16.4 Å². The molecule has 1 aromatic heterocycles. The van der Waals surface area contributed by atoms with Gasteiger partial charge in [-0.05, 0) is 26.0 Å². The molecule has 1 heterocycles. The van der Waals surface area contributed by atoms with Crippen LogP contribution in [0.5, 0.6) is 0 Å². The second kappa shape index (κ2) is 5.75. The average molecular weight is 296 g/mol. The van der Waals surface area contributed by atoms with Gasteiger partial charge in [0.05, 0.1) is 0 Å². The van der Waals surface area contributed by atoms with Gasteiger partial charge in [0.2, 0.25) is 0 Å². The summed E-state index contributed by atoms with van der Waals surface area (Å²) < 4.78 is 28.5. The van der Waals surface area contributed by atoms with Crippen LogP contribution in [0.25, 0.3) is 0 Å². The first-order valence-electron chi connectivity index (χ1n) is 6.01. The Labute approximate surface area is 119 Å². The Morgan fingerprint density at radius 1 is 1.25 bits per heavy atom. The smallest absolute Gasteiger partial charge is 0.257 e. The number of hydrogen-bond donors (Lipinski definition) is 0. The number of thioether (sulfide) groups is 1. The van der Waals surface area contributed by atoms with Crippen LogP contribution in [-0.2, 0) is 12.8 Å². The molecule has 0 atom stereocenters. The van der Waals surface area contributed by atoms with E-state index in [1.807, 2.05) is 0 Å². The van der Waals surface area contributed by atoms with Gasteiger partial charge in [0.15, 0.2) is 5.16 Å². The number of halogens is 2. The highest BCUT2D eigenvalue weighted by atomic mass is 32.2. The van der Waals surface area contributed by atoms with E-state index in [2.05, 4.69) is 4.98 Å². The van der Waals surface area contributed by atoms with Crippen molar-refractivity contribution < 1.29 is 8.78 Å². The lowest BCUT2D eigenvalue weighted by molar-refractivity contribution is 0.566. The zero-order chi connectivity index (χ0) is 14.9. The first-order valence-corrected chi connectivity index (χ1v) is 7.00. The van der Waals surface area contributed by atoms with E-state index in [9.17, 15) is 13.6 Å². The van der Waals surface area contributed by atoms with Crippen LogP contribution in [-0.4, -0.2) is 9.55 Å². The number of rotatable bonds is 3. The summed E-state index contributed by atoms with van der Waals surface area (Å²) in [4.78, 5) is 16.2. The standard InChI is InChI=1S/C14H14F2N2OS/c1-8-9(2)17-14(18(3)13(8)19)20-7-10-11(15)5-4-6-12(10)16/h4-6H,7H2,1-3H3. The van der Waals surface area contributed by atoms with Crippen molar-refractivity contribution in [3.8, 4) is 0 Å². The van der Waals surface area contributed by atoms with Gasteiger partial charge >= 0.3 is 0 Å². The van der Waals surface area contributed by atoms with E-state index in [4.69, 9.17) is 0 Å². The SMILES string of the molecule is Cc1nc(SCc2c(F)cccc2F)n(C)c(=O)c1C. The van der Waals surface area contributed by atoms with Crippen molar-refractivity contribution in [2.45, 2.75) is 24.8 Å². The highest BCUT2D eigenvalue weighted by Gasteiger charge is 2.12. The molecule has 0 radical (unpaired) electrons. The van der Waals surface area contributed by atoms with Crippen LogP contribution in [0.4, 0.5) is 8.78 Å². The third-order valence-electron chi connectivity index (χ3n) is 3.13. The van der Waals surface area contributed by atoms with Crippen molar-refractivity contribution in [1.29, 1.82) is 0 Å². The van der Waals surface area contributed by atoms with Crippen molar-refractivity contribution >= 4 is 11.8 Å². The molecule has 0 saturated carbocycles. The third-order valence-corrected chi connectivity index (χ3v) is 4.18. The van der Waals surface area contributed by atoms with E-state index in [1.54, 1.807) is 20.9 Å². The summed E-state index contributed by atoms with van der Waals surface area (Å²) in [5, 5.41) is 0.445. The summed E-state index contributed by atoms with van der Waals surface area (Å²) in [6.45, 7) is 3.44. The van der Waals surface area contributed by atoms with Gasteiger partial charge < -0.3 is 0 Å². The fourth-order valence-corrected chi connectivity index (χ4v) is 2.76. The van der Waals surface area contributed by atoms with Crippen LogP contribution < -0.4 is 5.56 Å². The summed E-state index contributed by atoms with van der Waals surface area (Å²) in [5.41, 5.74) is 1.05. The summed E-state index contributed by atoms with van der Waals surface area (Å²) in [7, 11) is 1.60. The topological polar surface area (TPSA) is 34.9 Å². The lowest BCUT2D eigenvalue weighted by atomic mass is 10.2. The van der Waals surface area contributed by atoms with Crippen molar-refractivity contribution in [1.82, 2.24) is 9.55 Å². The number of aromatic nitrogens is 2. The Hall–Kier alpha value is -1.69. The molecule has 2 aromatic rings. The monoisotopic (exact) mass is 296 g/mol. The molecule has 0 aliphatic heterocycles. The zero-order valence-electron chi connectivity index (χ0n) is 11.4. The molecule has 0 N–H and O–H groups in total. The number of hydrogen-bond acceptors (Lipinski definition) is 3. The van der Waals surface area contributed by atoms with Gasteiger partial charge in [-0.25, -0.2) is 13.8 Å². The Kier molecular flexibility index (Phi) is 4.23. The van der Waals surface area contributed by atoms with Crippen LogP contribution in [0.15, 0.2) is 28.2 Å². The quantitative estimate of drug-likeness (QED) is 0.645. The van der Waals surface area contributed by atoms with Crippen molar-refractivity contribution in [3.63, 3.8) is 0 Å². The normalized spacial score (nSPS) is 10.8. The highest BCUT2D eigenvalue weighted by Crippen LogP contribution is 2.23. The van der Waals surface area contributed by atoms with Crippen LogP contribution in [0.1, 0.15) is 16.8 Å². The molecule has 6 heteroatoms. The lowest BCUT2D eigenvalue weighted by Gasteiger charge is -2.10.